The molecule has 1 amide bonds. The SMILES string of the molecule is CC(C)C(CNC(=O)c1cccc(I)c1)N(C)C. The minimum atomic E-state index is 0.000941. The van der Waals surface area contributed by atoms with Crippen LogP contribution in [0.5, 0.6) is 0 Å². The number of rotatable bonds is 5. The molecular formula is C14H21IN2O. The van der Waals surface area contributed by atoms with Gasteiger partial charge in [-0.1, -0.05) is 19.9 Å². The Labute approximate surface area is 123 Å². The van der Waals surface area contributed by atoms with E-state index in [1.54, 1.807) is 0 Å². The van der Waals surface area contributed by atoms with Crippen LogP contribution in [0.3, 0.4) is 0 Å². The van der Waals surface area contributed by atoms with Gasteiger partial charge < -0.3 is 10.2 Å². The molecule has 4 heteroatoms. The van der Waals surface area contributed by atoms with Crippen molar-refractivity contribution in [3.8, 4) is 0 Å². The lowest BCUT2D eigenvalue weighted by atomic mass is 10.0. The molecular weight excluding hydrogens is 339 g/mol. The summed E-state index contributed by atoms with van der Waals surface area (Å²) in [7, 11) is 4.09. The number of carbonyl (C=O) groups is 1. The number of nitrogens with zero attached hydrogens (tertiary/aromatic N) is 1. The van der Waals surface area contributed by atoms with E-state index in [1.165, 1.54) is 0 Å². The average molecular weight is 360 g/mol. The predicted octanol–water partition coefficient (Wildman–Crippen LogP) is 2.61. The summed E-state index contributed by atoms with van der Waals surface area (Å²) in [6, 6.07) is 7.99. The molecule has 100 valence electrons. The molecule has 1 aromatic rings. The molecule has 0 saturated heterocycles. The highest BCUT2D eigenvalue weighted by molar-refractivity contribution is 14.1. The van der Waals surface area contributed by atoms with Gasteiger partial charge in [-0.2, -0.15) is 0 Å². The van der Waals surface area contributed by atoms with Crippen LogP contribution in [0.15, 0.2) is 24.3 Å². The van der Waals surface area contributed by atoms with Gasteiger partial charge in [0.2, 0.25) is 0 Å². The van der Waals surface area contributed by atoms with Crippen LogP contribution in [0.25, 0.3) is 0 Å². The van der Waals surface area contributed by atoms with Crippen LogP contribution in [-0.2, 0) is 0 Å². The van der Waals surface area contributed by atoms with Gasteiger partial charge in [0.05, 0.1) is 0 Å². The number of hydrogen-bond acceptors (Lipinski definition) is 2. The molecule has 0 fully saturated rings. The number of nitrogens with one attached hydrogen (secondary N) is 1. The molecule has 0 aliphatic rings. The van der Waals surface area contributed by atoms with E-state index in [0.717, 1.165) is 9.13 Å². The fraction of sp³-hybridized carbons (Fsp3) is 0.500. The number of halogens is 1. The second kappa shape index (κ2) is 7.09. The Kier molecular flexibility index (Phi) is 6.08. The van der Waals surface area contributed by atoms with Gasteiger partial charge in [0, 0.05) is 21.7 Å². The number of carbonyl (C=O) groups excluding carboxylic acids is 1. The summed E-state index contributed by atoms with van der Waals surface area (Å²) in [5.74, 6) is 0.511. The molecule has 18 heavy (non-hydrogen) atoms. The lowest BCUT2D eigenvalue weighted by Crippen LogP contribution is -2.43. The lowest BCUT2D eigenvalue weighted by molar-refractivity contribution is 0.0934. The Morgan fingerprint density at radius 1 is 1.39 bits per heavy atom. The molecule has 3 nitrogen and oxygen atoms in total. The smallest absolute Gasteiger partial charge is 0.251 e. The summed E-state index contributed by atoms with van der Waals surface area (Å²) in [6.45, 7) is 5.01. The Hall–Kier alpha value is -0.620. The van der Waals surface area contributed by atoms with Gasteiger partial charge in [-0.15, -0.1) is 0 Å². The van der Waals surface area contributed by atoms with Crippen molar-refractivity contribution in [3.05, 3.63) is 33.4 Å². The third-order valence-electron chi connectivity index (χ3n) is 2.99. The van der Waals surface area contributed by atoms with Crippen LogP contribution in [0, 0.1) is 9.49 Å². The van der Waals surface area contributed by atoms with Crippen molar-refractivity contribution < 1.29 is 4.79 Å². The summed E-state index contributed by atoms with van der Waals surface area (Å²) in [5, 5.41) is 3.00. The van der Waals surface area contributed by atoms with Crippen molar-refractivity contribution in [3.63, 3.8) is 0 Å². The summed E-state index contributed by atoms with van der Waals surface area (Å²) < 4.78 is 1.08. The van der Waals surface area contributed by atoms with Gasteiger partial charge in [0.25, 0.3) is 5.91 Å². The van der Waals surface area contributed by atoms with Crippen LogP contribution in [0.1, 0.15) is 24.2 Å². The first-order chi connectivity index (χ1) is 8.41. The third kappa shape index (κ3) is 4.57. The standard InChI is InChI=1S/C14H21IN2O/c1-10(2)13(17(3)4)9-16-14(18)11-6-5-7-12(15)8-11/h5-8,10,13H,9H2,1-4H3,(H,16,18). The maximum atomic E-state index is 12.0. The van der Waals surface area contributed by atoms with Crippen molar-refractivity contribution >= 4 is 28.5 Å². The highest BCUT2D eigenvalue weighted by Gasteiger charge is 2.17. The summed E-state index contributed by atoms with van der Waals surface area (Å²) in [4.78, 5) is 14.2. The maximum Gasteiger partial charge on any atom is 0.251 e. The minimum absolute atomic E-state index is 0.000941. The number of benzene rings is 1. The van der Waals surface area contributed by atoms with Gasteiger partial charge in [-0.25, -0.2) is 0 Å². The molecule has 1 atom stereocenters. The van der Waals surface area contributed by atoms with E-state index in [9.17, 15) is 4.79 Å². The van der Waals surface area contributed by atoms with Crippen molar-refractivity contribution in [2.24, 2.45) is 5.92 Å². The normalized spacial score (nSPS) is 12.8. The fourth-order valence-electron chi connectivity index (χ4n) is 1.94. The van der Waals surface area contributed by atoms with Crippen molar-refractivity contribution in [1.29, 1.82) is 0 Å². The van der Waals surface area contributed by atoms with E-state index in [1.807, 2.05) is 38.4 Å². The highest BCUT2D eigenvalue weighted by atomic mass is 127. The Balaban J connectivity index is 2.60. The lowest BCUT2D eigenvalue weighted by Gasteiger charge is -2.28. The zero-order valence-electron chi connectivity index (χ0n) is 11.4. The second-order valence-electron chi connectivity index (χ2n) is 5.00. The number of likely N-dealkylation sites (N-methyl/N-ethyl adjacent to an activating group) is 1. The van der Waals surface area contributed by atoms with Crippen LogP contribution in [0.2, 0.25) is 0 Å². The largest absolute Gasteiger partial charge is 0.350 e. The van der Waals surface area contributed by atoms with E-state index in [0.29, 0.717) is 18.5 Å². The third-order valence-corrected chi connectivity index (χ3v) is 3.66. The minimum Gasteiger partial charge on any atom is -0.350 e. The van der Waals surface area contributed by atoms with E-state index in [2.05, 4.69) is 46.7 Å². The molecule has 0 heterocycles. The van der Waals surface area contributed by atoms with Gasteiger partial charge >= 0.3 is 0 Å². The molecule has 0 aliphatic heterocycles. The molecule has 0 aromatic heterocycles. The molecule has 1 aromatic carbocycles. The van der Waals surface area contributed by atoms with Crippen LogP contribution < -0.4 is 5.32 Å². The first kappa shape index (κ1) is 15.4. The van der Waals surface area contributed by atoms with Crippen LogP contribution >= 0.6 is 22.6 Å². The van der Waals surface area contributed by atoms with Crippen LogP contribution in [0.4, 0.5) is 0 Å². The topological polar surface area (TPSA) is 32.3 Å². The molecule has 1 unspecified atom stereocenters. The zero-order valence-corrected chi connectivity index (χ0v) is 13.6. The predicted molar refractivity (Wildman–Crippen MR) is 83.8 cm³/mol. The van der Waals surface area contributed by atoms with E-state index in [-0.39, 0.29) is 5.91 Å². The molecule has 0 bridgehead atoms. The maximum absolute atomic E-state index is 12.0. The van der Waals surface area contributed by atoms with E-state index >= 15 is 0 Å². The van der Waals surface area contributed by atoms with E-state index < -0.39 is 0 Å². The summed E-state index contributed by atoms with van der Waals surface area (Å²) in [5.41, 5.74) is 0.725. The van der Waals surface area contributed by atoms with Crippen molar-refractivity contribution in [2.45, 2.75) is 19.9 Å². The van der Waals surface area contributed by atoms with Crippen molar-refractivity contribution in [2.75, 3.05) is 20.6 Å². The molecule has 0 radical (unpaired) electrons. The summed E-state index contributed by atoms with van der Waals surface area (Å²) >= 11 is 2.21. The Bertz CT molecular complexity index is 397. The monoisotopic (exact) mass is 360 g/mol. The van der Waals surface area contributed by atoms with Crippen molar-refractivity contribution in [1.82, 2.24) is 10.2 Å². The quantitative estimate of drug-likeness (QED) is 0.819. The molecule has 0 aliphatic carbocycles. The second-order valence-corrected chi connectivity index (χ2v) is 6.24. The van der Waals surface area contributed by atoms with Gasteiger partial charge in [0.15, 0.2) is 0 Å². The first-order valence-corrected chi connectivity index (χ1v) is 7.20. The Morgan fingerprint density at radius 3 is 2.56 bits per heavy atom. The highest BCUT2D eigenvalue weighted by Crippen LogP contribution is 2.09. The van der Waals surface area contributed by atoms with E-state index in [4.69, 9.17) is 0 Å². The zero-order chi connectivity index (χ0) is 13.7. The van der Waals surface area contributed by atoms with Gasteiger partial charge in [0.1, 0.15) is 0 Å². The molecule has 0 spiro atoms. The van der Waals surface area contributed by atoms with Crippen LogP contribution in [-0.4, -0.2) is 37.5 Å². The summed E-state index contributed by atoms with van der Waals surface area (Å²) in [6.07, 6.45) is 0. The van der Waals surface area contributed by atoms with Gasteiger partial charge in [-0.05, 0) is 60.8 Å². The fourth-order valence-corrected chi connectivity index (χ4v) is 2.49. The first-order valence-electron chi connectivity index (χ1n) is 6.12. The molecule has 1 rings (SSSR count). The average Bonchev–Trinajstić information content (AvgIpc) is 2.28. The molecule has 0 saturated carbocycles. The number of hydrogen-bond donors (Lipinski definition) is 1. The Morgan fingerprint density at radius 2 is 2.06 bits per heavy atom. The number of amides is 1. The molecule has 1 N–H and O–H groups in total. The van der Waals surface area contributed by atoms with Gasteiger partial charge in [-0.3, -0.25) is 4.79 Å².